The average Bonchev–Trinajstić information content (AvgIpc) is 2.46. The van der Waals surface area contributed by atoms with Crippen molar-refractivity contribution in [2.24, 2.45) is 5.41 Å². The minimum atomic E-state index is -0.286. The second-order valence-corrected chi connectivity index (χ2v) is 5.95. The lowest BCUT2D eigenvalue weighted by atomic mass is 9.90. The van der Waals surface area contributed by atoms with Crippen molar-refractivity contribution in [1.82, 2.24) is 0 Å². The largest absolute Gasteiger partial charge is 0.493 e. The van der Waals surface area contributed by atoms with Crippen LogP contribution in [0.4, 0.5) is 0 Å². The quantitative estimate of drug-likeness (QED) is 0.708. The molecule has 0 aromatic heterocycles. The second-order valence-electron chi connectivity index (χ2n) is 5.54. The van der Waals surface area contributed by atoms with Gasteiger partial charge in [-0.25, -0.2) is 0 Å². The fourth-order valence-electron chi connectivity index (χ4n) is 2.11. The summed E-state index contributed by atoms with van der Waals surface area (Å²) in [6, 6.07) is 14.0. The van der Waals surface area contributed by atoms with Crippen LogP contribution in [0.15, 0.2) is 36.4 Å². The minimum Gasteiger partial charge on any atom is -0.493 e. The van der Waals surface area contributed by atoms with Gasteiger partial charge in [-0.05, 0) is 38.8 Å². The van der Waals surface area contributed by atoms with E-state index in [9.17, 15) is 0 Å². The lowest BCUT2D eigenvalue weighted by Crippen LogP contribution is -2.10. The van der Waals surface area contributed by atoms with E-state index in [1.54, 1.807) is 0 Å². The summed E-state index contributed by atoms with van der Waals surface area (Å²) in [4.78, 5) is 0. The highest BCUT2D eigenvalue weighted by molar-refractivity contribution is 6.35. The third-order valence-electron chi connectivity index (χ3n) is 3.34. The zero-order valence-electron chi connectivity index (χ0n) is 11.8. The van der Waals surface area contributed by atoms with Gasteiger partial charge < -0.3 is 4.74 Å². The molecule has 0 saturated heterocycles. The van der Waals surface area contributed by atoms with E-state index in [0.29, 0.717) is 6.61 Å². The molecule has 0 bridgehead atoms. The Balaban J connectivity index is 2.05. The Kier molecular flexibility index (Phi) is 4.52. The second kappa shape index (κ2) is 6.15. The molecule has 0 radical (unpaired) electrons. The molecular formula is C17H18ClNO. The van der Waals surface area contributed by atoms with Gasteiger partial charge in [0.1, 0.15) is 5.75 Å². The summed E-state index contributed by atoms with van der Waals surface area (Å²) < 4.78 is 5.85. The molecule has 0 unspecified atom stereocenters. The summed E-state index contributed by atoms with van der Waals surface area (Å²) in [6.07, 6.45) is 1.69. The fraction of sp³-hybridized carbons (Fsp3) is 0.353. The summed E-state index contributed by atoms with van der Waals surface area (Å²) in [5, 5.41) is 11.7. The monoisotopic (exact) mass is 287 g/mol. The van der Waals surface area contributed by atoms with E-state index in [0.717, 1.165) is 34.4 Å². The van der Waals surface area contributed by atoms with Gasteiger partial charge in [-0.2, -0.15) is 5.26 Å². The first-order valence-corrected chi connectivity index (χ1v) is 7.12. The smallest absolute Gasteiger partial charge is 0.127 e. The number of fused-ring (bicyclic) bond motifs is 1. The normalized spacial score (nSPS) is 11.3. The Hall–Kier alpha value is -1.72. The van der Waals surface area contributed by atoms with E-state index in [4.69, 9.17) is 21.6 Å². The number of ether oxygens (including phenoxy) is 1. The van der Waals surface area contributed by atoms with Crippen molar-refractivity contribution in [2.45, 2.75) is 26.7 Å². The lowest BCUT2D eigenvalue weighted by molar-refractivity contribution is 0.287. The molecular weight excluding hydrogens is 270 g/mol. The highest BCUT2D eigenvalue weighted by atomic mass is 35.5. The molecule has 0 N–H and O–H groups in total. The molecule has 2 nitrogen and oxygen atoms in total. The van der Waals surface area contributed by atoms with Gasteiger partial charge in [-0.3, -0.25) is 0 Å². The standard InChI is InChI=1S/C17H18ClNO/c1-17(2,12-19)10-5-11-20-16-9-8-15(18)13-6-3-4-7-14(13)16/h3-4,6-9H,5,10-11H2,1-2H3. The first kappa shape index (κ1) is 14.7. The molecule has 0 aliphatic rings. The predicted octanol–water partition coefficient (Wildman–Crippen LogP) is 5.20. The molecule has 20 heavy (non-hydrogen) atoms. The van der Waals surface area contributed by atoms with Gasteiger partial charge in [0.05, 0.1) is 18.1 Å². The topological polar surface area (TPSA) is 33.0 Å². The number of nitriles is 1. The van der Waals surface area contributed by atoms with Crippen molar-refractivity contribution in [3.8, 4) is 11.8 Å². The van der Waals surface area contributed by atoms with Crippen molar-refractivity contribution < 1.29 is 4.74 Å². The van der Waals surface area contributed by atoms with E-state index in [2.05, 4.69) is 6.07 Å². The third kappa shape index (κ3) is 3.43. The van der Waals surface area contributed by atoms with E-state index >= 15 is 0 Å². The van der Waals surface area contributed by atoms with Crippen LogP contribution in [0.25, 0.3) is 10.8 Å². The molecule has 2 aromatic carbocycles. The number of nitrogens with zero attached hydrogens (tertiary/aromatic N) is 1. The molecule has 0 aliphatic heterocycles. The number of benzene rings is 2. The van der Waals surface area contributed by atoms with Crippen LogP contribution in [0, 0.1) is 16.7 Å². The van der Waals surface area contributed by atoms with Gasteiger partial charge in [0, 0.05) is 15.8 Å². The summed E-state index contributed by atoms with van der Waals surface area (Å²) in [5.41, 5.74) is -0.286. The molecule has 0 heterocycles. The van der Waals surface area contributed by atoms with Gasteiger partial charge in [0.25, 0.3) is 0 Å². The predicted molar refractivity (Wildman–Crippen MR) is 83.1 cm³/mol. The van der Waals surface area contributed by atoms with E-state index < -0.39 is 0 Å². The molecule has 0 atom stereocenters. The molecule has 2 aromatic rings. The third-order valence-corrected chi connectivity index (χ3v) is 3.67. The molecule has 0 amide bonds. The maximum absolute atomic E-state index is 8.98. The Labute approximate surface area is 124 Å². The number of rotatable bonds is 5. The van der Waals surface area contributed by atoms with E-state index in [1.807, 2.05) is 50.2 Å². The molecule has 104 valence electrons. The van der Waals surface area contributed by atoms with E-state index in [-0.39, 0.29) is 5.41 Å². The van der Waals surface area contributed by atoms with Gasteiger partial charge in [0.15, 0.2) is 0 Å². The first-order valence-electron chi connectivity index (χ1n) is 6.75. The van der Waals surface area contributed by atoms with Crippen molar-refractivity contribution in [3.63, 3.8) is 0 Å². The van der Waals surface area contributed by atoms with Crippen LogP contribution in [0.2, 0.25) is 5.02 Å². The van der Waals surface area contributed by atoms with E-state index in [1.165, 1.54) is 0 Å². The zero-order valence-corrected chi connectivity index (χ0v) is 12.6. The highest BCUT2D eigenvalue weighted by Crippen LogP contribution is 2.31. The fourth-order valence-corrected chi connectivity index (χ4v) is 2.34. The van der Waals surface area contributed by atoms with Crippen LogP contribution in [0.3, 0.4) is 0 Å². The number of hydrogen-bond acceptors (Lipinski definition) is 2. The Morgan fingerprint density at radius 1 is 1.15 bits per heavy atom. The van der Waals surface area contributed by atoms with Crippen LogP contribution < -0.4 is 4.74 Å². The number of hydrogen-bond donors (Lipinski definition) is 0. The van der Waals surface area contributed by atoms with Crippen LogP contribution in [-0.4, -0.2) is 6.61 Å². The van der Waals surface area contributed by atoms with Crippen molar-refractivity contribution >= 4 is 22.4 Å². The molecule has 0 saturated carbocycles. The Morgan fingerprint density at radius 3 is 2.55 bits per heavy atom. The molecule has 3 heteroatoms. The SMILES string of the molecule is CC(C)(C#N)CCCOc1ccc(Cl)c2ccccc12. The van der Waals surface area contributed by atoms with Crippen molar-refractivity contribution in [3.05, 3.63) is 41.4 Å². The molecule has 0 aliphatic carbocycles. The Morgan fingerprint density at radius 2 is 1.85 bits per heavy atom. The summed E-state index contributed by atoms with van der Waals surface area (Å²) in [5.74, 6) is 0.847. The van der Waals surface area contributed by atoms with Crippen molar-refractivity contribution in [2.75, 3.05) is 6.61 Å². The Bertz CT molecular complexity index is 643. The summed E-state index contributed by atoms with van der Waals surface area (Å²) in [7, 11) is 0. The summed E-state index contributed by atoms with van der Waals surface area (Å²) >= 11 is 6.18. The minimum absolute atomic E-state index is 0.286. The van der Waals surface area contributed by atoms with Gasteiger partial charge >= 0.3 is 0 Å². The van der Waals surface area contributed by atoms with Crippen LogP contribution in [0.1, 0.15) is 26.7 Å². The maximum Gasteiger partial charge on any atom is 0.127 e. The summed E-state index contributed by atoms with van der Waals surface area (Å²) in [6.45, 7) is 4.51. The maximum atomic E-state index is 8.98. The van der Waals surface area contributed by atoms with Gasteiger partial charge in [0.2, 0.25) is 0 Å². The molecule has 0 fully saturated rings. The van der Waals surface area contributed by atoms with Gasteiger partial charge in [-0.1, -0.05) is 35.9 Å². The first-order chi connectivity index (χ1) is 9.53. The zero-order chi connectivity index (χ0) is 14.6. The van der Waals surface area contributed by atoms with Gasteiger partial charge in [-0.15, -0.1) is 0 Å². The molecule has 2 rings (SSSR count). The van der Waals surface area contributed by atoms with Crippen molar-refractivity contribution in [1.29, 1.82) is 5.26 Å². The van der Waals surface area contributed by atoms with Crippen LogP contribution in [-0.2, 0) is 0 Å². The lowest BCUT2D eigenvalue weighted by Gasteiger charge is -2.15. The van der Waals surface area contributed by atoms with Crippen LogP contribution >= 0.6 is 11.6 Å². The average molecular weight is 288 g/mol. The number of halogens is 1. The highest BCUT2D eigenvalue weighted by Gasteiger charge is 2.15. The molecule has 0 spiro atoms. The van der Waals surface area contributed by atoms with Crippen LogP contribution in [0.5, 0.6) is 5.75 Å².